The molecule has 1 aromatic heterocycles. The molecular formula is C14H11N3O2. The van der Waals surface area contributed by atoms with Crippen molar-refractivity contribution in [2.75, 3.05) is 5.32 Å². The van der Waals surface area contributed by atoms with Crippen LogP contribution in [-0.4, -0.2) is 16.0 Å². The average Bonchev–Trinajstić information content (AvgIpc) is 2.44. The number of phenols is 1. The Bertz CT molecular complexity index is 657. The summed E-state index contributed by atoms with van der Waals surface area (Å²) in [7, 11) is 0. The number of nitriles is 1. The maximum atomic E-state index is 11.9. The van der Waals surface area contributed by atoms with Gasteiger partial charge in [0, 0.05) is 17.4 Å². The molecule has 0 bridgehead atoms. The number of aromatic nitrogens is 1. The molecule has 19 heavy (non-hydrogen) atoms. The summed E-state index contributed by atoms with van der Waals surface area (Å²) in [5.41, 5.74) is 1.72. The van der Waals surface area contributed by atoms with Gasteiger partial charge in [0.15, 0.2) is 0 Å². The van der Waals surface area contributed by atoms with Crippen molar-refractivity contribution < 1.29 is 9.90 Å². The molecule has 5 heteroatoms. The van der Waals surface area contributed by atoms with E-state index in [0.29, 0.717) is 16.8 Å². The molecule has 1 heterocycles. The van der Waals surface area contributed by atoms with Gasteiger partial charge in [-0.25, -0.2) is 4.98 Å². The van der Waals surface area contributed by atoms with Gasteiger partial charge in [-0.2, -0.15) is 5.26 Å². The van der Waals surface area contributed by atoms with Gasteiger partial charge in [-0.05, 0) is 31.2 Å². The van der Waals surface area contributed by atoms with E-state index in [9.17, 15) is 9.90 Å². The second-order valence-corrected chi connectivity index (χ2v) is 3.95. The molecule has 1 aromatic carbocycles. The molecule has 5 nitrogen and oxygen atoms in total. The average molecular weight is 253 g/mol. The van der Waals surface area contributed by atoms with Crippen LogP contribution in [0.25, 0.3) is 0 Å². The number of nitrogens with one attached hydrogen (secondary N) is 1. The number of hydrogen-bond acceptors (Lipinski definition) is 4. The first-order valence-electron chi connectivity index (χ1n) is 5.58. The van der Waals surface area contributed by atoms with Gasteiger partial charge in [0.25, 0.3) is 5.91 Å². The zero-order chi connectivity index (χ0) is 13.8. The SMILES string of the molecule is Cc1c(O)cccc1NC(=O)c1ccc(C#N)cn1. The van der Waals surface area contributed by atoms with Crippen molar-refractivity contribution in [3.63, 3.8) is 0 Å². The van der Waals surface area contributed by atoms with Crippen LogP contribution in [0, 0.1) is 18.3 Å². The minimum Gasteiger partial charge on any atom is -0.508 e. The Morgan fingerprint density at radius 1 is 1.37 bits per heavy atom. The highest BCUT2D eigenvalue weighted by atomic mass is 16.3. The standard InChI is InChI=1S/C14H11N3O2/c1-9-11(3-2-4-13(9)18)17-14(19)12-6-5-10(7-15)8-16-12/h2-6,8,18H,1H3,(H,17,19). The van der Waals surface area contributed by atoms with E-state index in [1.807, 2.05) is 6.07 Å². The number of benzene rings is 1. The van der Waals surface area contributed by atoms with Crippen molar-refractivity contribution in [2.45, 2.75) is 6.92 Å². The van der Waals surface area contributed by atoms with Crippen LogP contribution < -0.4 is 5.32 Å². The summed E-state index contributed by atoms with van der Waals surface area (Å²) in [6, 6.07) is 9.82. The second kappa shape index (κ2) is 5.19. The Kier molecular flexibility index (Phi) is 3.44. The maximum absolute atomic E-state index is 11.9. The minimum absolute atomic E-state index is 0.116. The molecule has 0 aliphatic carbocycles. The van der Waals surface area contributed by atoms with E-state index in [1.54, 1.807) is 25.1 Å². The third-order valence-corrected chi connectivity index (χ3v) is 2.68. The second-order valence-electron chi connectivity index (χ2n) is 3.95. The summed E-state index contributed by atoms with van der Waals surface area (Å²) in [5, 5.41) is 20.9. The fraction of sp³-hybridized carbons (Fsp3) is 0.0714. The molecule has 0 fully saturated rings. The van der Waals surface area contributed by atoms with Gasteiger partial charge in [-0.15, -0.1) is 0 Å². The number of amides is 1. The molecule has 0 unspecified atom stereocenters. The van der Waals surface area contributed by atoms with E-state index in [2.05, 4.69) is 10.3 Å². The van der Waals surface area contributed by atoms with Crippen LogP contribution in [0.5, 0.6) is 5.75 Å². The third kappa shape index (κ3) is 2.69. The number of carbonyl (C=O) groups excluding carboxylic acids is 1. The topological polar surface area (TPSA) is 86.0 Å². The van der Waals surface area contributed by atoms with E-state index in [4.69, 9.17) is 5.26 Å². The van der Waals surface area contributed by atoms with E-state index in [0.717, 1.165) is 0 Å². The molecule has 0 atom stereocenters. The number of anilines is 1. The van der Waals surface area contributed by atoms with E-state index in [1.165, 1.54) is 18.3 Å². The van der Waals surface area contributed by atoms with Crippen LogP contribution in [0.3, 0.4) is 0 Å². The molecule has 2 N–H and O–H groups in total. The minimum atomic E-state index is -0.391. The number of phenolic OH excluding ortho intramolecular Hbond substituents is 1. The van der Waals surface area contributed by atoms with Crippen molar-refractivity contribution in [1.29, 1.82) is 5.26 Å². The molecular weight excluding hydrogens is 242 g/mol. The summed E-state index contributed by atoms with van der Waals surface area (Å²) >= 11 is 0. The molecule has 2 rings (SSSR count). The summed E-state index contributed by atoms with van der Waals surface area (Å²) in [5.74, 6) is -0.274. The van der Waals surface area contributed by atoms with Gasteiger partial charge in [-0.3, -0.25) is 4.79 Å². The van der Waals surface area contributed by atoms with Crippen molar-refractivity contribution in [1.82, 2.24) is 4.98 Å². The van der Waals surface area contributed by atoms with Crippen LogP contribution in [0.1, 0.15) is 21.6 Å². The Hall–Kier alpha value is -2.87. The van der Waals surface area contributed by atoms with Crippen LogP contribution in [0.2, 0.25) is 0 Å². The van der Waals surface area contributed by atoms with Crippen LogP contribution in [0.4, 0.5) is 5.69 Å². The van der Waals surface area contributed by atoms with Gasteiger partial charge >= 0.3 is 0 Å². The Labute approximate surface area is 110 Å². The lowest BCUT2D eigenvalue weighted by atomic mass is 10.1. The predicted octanol–water partition coefficient (Wildman–Crippen LogP) is 2.22. The molecule has 0 spiro atoms. The summed E-state index contributed by atoms with van der Waals surface area (Å²) in [6.07, 6.45) is 1.34. The number of rotatable bonds is 2. The molecule has 0 saturated heterocycles. The number of pyridine rings is 1. The first kappa shape index (κ1) is 12.6. The zero-order valence-corrected chi connectivity index (χ0v) is 10.2. The predicted molar refractivity (Wildman–Crippen MR) is 69.7 cm³/mol. The van der Waals surface area contributed by atoms with Gasteiger partial charge in [0.1, 0.15) is 17.5 Å². The lowest BCUT2D eigenvalue weighted by molar-refractivity contribution is 0.102. The highest BCUT2D eigenvalue weighted by Gasteiger charge is 2.10. The molecule has 0 aliphatic rings. The lowest BCUT2D eigenvalue weighted by Crippen LogP contribution is -2.14. The van der Waals surface area contributed by atoms with Gasteiger partial charge in [0.05, 0.1) is 5.56 Å². The smallest absolute Gasteiger partial charge is 0.274 e. The van der Waals surface area contributed by atoms with E-state index in [-0.39, 0.29) is 11.4 Å². The lowest BCUT2D eigenvalue weighted by Gasteiger charge is -2.08. The number of carbonyl (C=O) groups is 1. The molecule has 0 saturated carbocycles. The molecule has 2 aromatic rings. The molecule has 94 valence electrons. The zero-order valence-electron chi connectivity index (χ0n) is 10.2. The first-order valence-corrected chi connectivity index (χ1v) is 5.58. The molecule has 1 amide bonds. The molecule has 0 aliphatic heterocycles. The van der Waals surface area contributed by atoms with Crippen LogP contribution >= 0.6 is 0 Å². The highest BCUT2D eigenvalue weighted by Crippen LogP contribution is 2.24. The van der Waals surface area contributed by atoms with Gasteiger partial charge in [-0.1, -0.05) is 6.07 Å². The normalized spacial score (nSPS) is 9.68. The Balaban J connectivity index is 2.21. The van der Waals surface area contributed by atoms with Crippen molar-refractivity contribution in [2.24, 2.45) is 0 Å². The Morgan fingerprint density at radius 2 is 2.16 bits per heavy atom. The van der Waals surface area contributed by atoms with E-state index >= 15 is 0 Å². The maximum Gasteiger partial charge on any atom is 0.274 e. The number of nitrogens with zero attached hydrogens (tertiary/aromatic N) is 2. The van der Waals surface area contributed by atoms with Crippen molar-refractivity contribution in [3.8, 4) is 11.8 Å². The van der Waals surface area contributed by atoms with Crippen molar-refractivity contribution >= 4 is 11.6 Å². The summed E-state index contributed by atoms with van der Waals surface area (Å²) in [6.45, 7) is 1.71. The van der Waals surface area contributed by atoms with Crippen molar-refractivity contribution in [3.05, 3.63) is 53.3 Å². The number of hydrogen-bond donors (Lipinski definition) is 2. The summed E-state index contributed by atoms with van der Waals surface area (Å²) < 4.78 is 0. The fourth-order valence-electron chi connectivity index (χ4n) is 1.54. The van der Waals surface area contributed by atoms with Gasteiger partial charge in [0.2, 0.25) is 0 Å². The third-order valence-electron chi connectivity index (χ3n) is 2.68. The van der Waals surface area contributed by atoms with Crippen LogP contribution in [0.15, 0.2) is 36.5 Å². The largest absolute Gasteiger partial charge is 0.508 e. The monoisotopic (exact) mass is 253 g/mol. The van der Waals surface area contributed by atoms with Gasteiger partial charge < -0.3 is 10.4 Å². The molecule has 0 radical (unpaired) electrons. The Morgan fingerprint density at radius 3 is 2.79 bits per heavy atom. The highest BCUT2D eigenvalue weighted by molar-refractivity contribution is 6.03. The quantitative estimate of drug-likeness (QED) is 0.859. The fourth-order valence-corrected chi connectivity index (χ4v) is 1.54. The van der Waals surface area contributed by atoms with E-state index < -0.39 is 5.91 Å². The first-order chi connectivity index (χ1) is 9.11. The number of aromatic hydroxyl groups is 1. The van der Waals surface area contributed by atoms with Crippen LogP contribution in [-0.2, 0) is 0 Å². The summed E-state index contributed by atoms with van der Waals surface area (Å²) in [4.78, 5) is 15.8.